The van der Waals surface area contributed by atoms with Crippen molar-refractivity contribution in [2.45, 2.75) is 32.6 Å². The summed E-state index contributed by atoms with van der Waals surface area (Å²) < 4.78 is 27.1. The molecule has 0 radical (unpaired) electrons. The van der Waals surface area contributed by atoms with E-state index >= 15 is 0 Å². The van der Waals surface area contributed by atoms with E-state index in [1.54, 1.807) is 12.4 Å². The Morgan fingerprint density at radius 1 is 1.33 bits per heavy atom. The van der Waals surface area contributed by atoms with Gasteiger partial charge in [0.05, 0.1) is 0 Å². The van der Waals surface area contributed by atoms with Crippen molar-refractivity contribution >= 4 is 16.8 Å². The number of H-pyrrole nitrogens is 1. The van der Waals surface area contributed by atoms with E-state index in [-0.39, 0.29) is 17.8 Å². The van der Waals surface area contributed by atoms with E-state index < -0.39 is 11.6 Å². The molecule has 0 saturated carbocycles. The maximum atomic E-state index is 13.8. The zero-order chi connectivity index (χ0) is 17.3. The van der Waals surface area contributed by atoms with Crippen molar-refractivity contribution in [3.05, 3.63) is 65.0 Å². The summed E-state index contributed by atoms with van der Waals surface area (Å²) in [6.07, 6.45) is 4.16. The van der Waals surface area contributed by atoms with Gasteiger partial charge in [-0.2, -0.15) is 0 Å². The summed E-state index contributed by atoms with van der Waals surface area (Å²) in [4.78, 5) is 19.9. The van der Waals surface area contributed by atoms with E-state index in [1.165, 1.54) is 12.1 Å². The van der Waals surface area contributed by atoms with Crippen molar-refractivity contribution in [3.63, 3.8) is 0 Å². The Labute approximate surface area is 138 Å². The van der Waals surface area contributed by atoms with Crippen LogP contribution >= 0.6 is 0 Å². The SMILES string of the molecule is CCC(C)c1cnc2[nH]cc(C(=O)Cc3cccc(F)c3F)c2c1. The van der Waals surface area contributed by atoms with E-state index in [2.05, 4.69) is 23.8 Å². The molecule has 0 fully saturated rings. The zero-order valence-electron chi connectivity index (χ0n) is 13.6. The van der Waals surface area contributed by atoms with Gasteiger partial charge in [-0.1, -0.05) is 26.0 Å². The van der Waals surface area contributed by atoms with Crippen LogP contribution in [0.4, 0.5) is 8.78 Å². The summed E-state index contributed by atoms with van der Waals surface area (Å²) in [6, 6.07) is 5.81. The van der Waals surface area contributed by atoms with Crippen LogP contribution in [0, 0.1) is 11.6 Å². The number of carbonyl (C=O) groups excluding carboxylic acids is 1. The number of hydrogen-bond donors (Lipinski definition) is 1. The Balaban J connectivity index is 1.96. The van der Waals surface area contributed by atoms with Crippen LogP contribution in [0.15, 0.2) is 36.7 Å². The minimum Gasteiger partial charge on any atom is -0.345 e. The fraction of sp³-hybridized carbons (Fsp3) is 0.263. The monoisotopic (exact) mass is 328 g/mol. The number of hydrogen-bond acceptors (Lipinski definition) is 2. The molecule has 1 aromatic carbocycles. The number of Topliss-reactive ketones (excluding diaryl/α,β-unsaturated/α-hetero) is 1. The first-order valence-corrected chi connectivity index (χ1v) is 7.94. The average Bonchev–Trinajstić information content (AvgIpc) is 3.01. The molecule has 0 saturated heterocycles. The number of nitrogens with one attached hydrogen (secondary N) is 1. The number of ketones is 1. The van der Waals surface area contributed by atoms with Gasteiger partial charge in [0.1, 0.15) is 5.65 Å². The highest BCUT2D eigenvalue weighted by Gasteiger charge is 2.17. The number of fused-ring (bicyclic) bond motifs is 1. The molecule has 0 aliphatic heterocycles. The molecule has 124 valence electrons. The predicted molar refractivity (Wildman–Crippen MR) is 89.2 cm³/mol. The lowest BCUT2D eigenvalue weighted by Crippen LogP contribution is -2.06. The molecule has 2 aromatic heterocycles. The molecule has 0 aliphatic carbocycles. The van der Waals surface area contributed by atoms with E-state index in [0.717, 1.165) is 23.4 Å². The third-order valence-electron chi connectivity index (χ3n) is 4.42. The van der Waals surface area contributed by atoms with Crippen molar-refractivity contribution in [2.75, 3.05) is 0 Å². The van der Waals surface area contributed by atoms with Crippen LogP contribution in [0.2, 0.25) is 0 Å². The molecule has 5 heteroatoms. The summed E-state index contributed by atoms with van der Waals surface area (Å²) >= 11 is 0. The Morgan fingerprint density at radius 2 is 2.12 bits per heavy atom. The first kappa shape index (κ1) is 16.3. The first-order chi connectivity index (χ1) is 11.5. The summed E-state index contributed by atoms with van der Waals surface area (Å²) in [5, 5.41) is 0.717. The van der Waals surface area contributed by atoms with E-state index in [4.69, 9.17) is 0 Å². The Bertz CT molecular complexity index is 902. The molecular formula is C19H18F2N2O. The largest absolute Gasteiger partial charge is 0.345 e. The van der Waals surface area contributed by atoms with Crippen molar-refractivity contribution in [1.82, 2.24) is 9.97 Å². The lowest BCUT2D eigenvalue weighted by atomic mass is 9.97. The second-order valence-electron chi connectivity index (χ2n) is 5.99. The summed E-state index contributed by atoms with van der Waals surface area (Å²) in [5.41, 5.74) is 2.17. The van der Waals surface area contributed by atoms with Gasteiger partial charge in [0.2, 0.25) is 0 Å². The lowest BCUT2D eigenvalue weighted by Gasteiger charge is -2.08. The van der Waals surface area contributed by atoms with Crippen LogP contribution in [0.1, 0.15) is 47.7 Å². The molecule has 2 heterocycles. The van der Waals surface area contributed by atoms with Gasteiger partial charge in [-0.25, -0.2) is 13.8 Å². The van der Waals surface area contributed by atoms with Gasteiger partial charge in [-0.05, 0) is 35.6 Å². The summed E-state index contributed by atoms with van der Waals surface area (Å²) in [6.45, 7) is 4.18. The van der Waals surface area contributed by atoms with Gasteiger partial charge >= 0.3 is 0 Å². The minimum absolute atomic E-state index is 0.0559. The molecule has 3 rings (SSSR count). The van der Waals surface area contributed by atoms with Crippen LogP contribution in [-0.4, -0.2) is 15.8 Å². The van der Waals surface area contributed by atoms with E-state index in [1.807, 2.05) is 6.07 Å². The number of aromatic nitrogens is 2. The second-order valence-corrected chi connectivity index (χ2v) is 5.99. The third kappa shape index (κ3) is 2.94. The number of carbonyl (C=O) groups is 1. The zero-order valence-corrected chi connectivity index (χ0v) is 13.6. The second kappa shape index (κ2) is 6.51. The minimum atomic E-state index is -0.968. The van der Waals surface area contributed by atoms with Gasteiger partial charge < -0.3 is 4.98 Å². The van der Waals surface area contributed by atoms with Crippen LogP contribution in [-0.2, 0) is 6.42 Å². The quantitative estimate of drug-likeness (QED) is 0.685. The Hall–Kier alpha value is -2.56. The van der Waals surface area contributed by atoms with Crippen molar-refractivity contribution in [3.8, 4) is 0 Å². The highest BCUT2D eigenvalue weighted by atomic mass is 19.2. The number of pyridine rings is 1. The molecular weight excluding hydrogens is 310 g/mol. The van der Waals surface area contributed by atoms with E-state index in [9.17, 15) is 13.6 Å². The molecule has 1 N–H and O–H groups in total. The van der Waals surface area contributed by atoms with Crippen molar-refractivity contribution in [2.24, 2.45) is 0 Å². The molecule has 0 spiro atoms. The fourth-order valence-electron chi connectivity index (χ4n) is 2.71. The highest BCUT2D eigenvalue weighted by Crippen LogP contribution is 2.25. The lowest BCUT2D eigenvalue weighted by molar-refractivity contribution is 0.0993. The van der Waals surface area contributed by atoms with E-state index in [0.29, 0.717) is 17.1 Å². The standard InChI is InChI=1S/C19H18F2N2O/c1-3-11(2)13-7-14-15(10-23-19(14)22-9-13)17(24)8-12-5-4-6-16(20)18(12)21/h4-7,9-11H,3,8H2,1-2H3,(H,22,23). The maximum absolute atomic E-state index is 13.8. The summed E-state index contributed by atoms with van der Waals surface area (Å²) in [5.74, 6) is -1.85. The predicted octanol–water partition coefficient (Wildman–Crippen LogP) is 4.78. The molecule has 0 bridgehead atoms. The van der Waals surface area contributed by atoms with Crippen molar-refractivity contribution < 1.29 is 13.6 Å². The molecule has 3 aromatic rings. The fourth-order valence-corrected chi connectivity index (χ4v) is 2.71. The number of nitrogens with zero attached hydrogens (tertiary/aromatic N) is 1. The average molecular weight is 328 g/mol. The van der Waals surface area contributed by atoms with Crippen LogP contribution < -0.4 is 0 Å². The molecule has 0 aliphatic rings. The Morgan fingerprint density at radius 3 is 2.88 bits per heavy atom. The topological polar surface area (TPSA) is 45.8 Å². The van der Waals surface area contributed by atoms with Gasteiger partial charge in [0.25, 0.3) is 0 Å². The number of benzene rings is 1. The van der Waals surface area contributed by atoms with Gasteiger partial charge in [-0.15, -0.1) is 0 Å². The smallest absolute Gasteiger partial charge is 0.169 e. The molecule has 3 nitrogen and oxygen atoms in total. The molecule has 1 atom stereocenters. The normalized spacial score (nSPS) is 12.5. The molecule has 24 heavy (non-hydrogen) atoms. The number of aromatic amines is 1. The summed E-state index contributed by atoms with van der Waals surface area (Å²) in [7, 11) is 0. The van der Waals surface area contributed by atoms with Crippen LogP contribution in [0.25, 0.3) is 11.0 Å². The van der Waals surface area contributed by atoms with Crippen LogP contribution in [0.3, 0.4) is 0 Å². The van der Waals surface area contributed by atoms with Crippen LogP contribution in [0.5, 0.6) is 0 Å². The molecule has 0 amide bonds. The van der Waals surface area contributed by atoms with Crippen molar-refractivity contribution in [1.29, 1.82) is 0 Å². The third-order valence-corrected chi connectivity index (χ3v) is 4.42. The maximum Gasteiger partial charge on any atom is 0.169 e. The van der Waals surface area contributed by atoms with Gasteiger partial charge in [0, 0.05) is 29.8 Å². The number of rotatable bonds is 5. The molecule has 1 unspecified atom stereocenters. The first-order valence-electron chi connectivity index (χ1n) is 7.94. The Kier molecular flexibility index (Phi) is 4.42. The van der Waals surface area contributed by atoms with Gasteiger partial charge in [0.15, 0.2) is 17.4 Å². The highest BCUT2D eigenvalue weighted by molar-refractivity contribution is 6.08. The number of halogens is 2. The van der Waals surface area contributed by atoms with Gasteiger partial charge in [-0.3, -0.25) is 4.79 Å².